The number of amides is 1. The van der Waals surface area contributed by atoms with Gasteiger partial charge in [-0.1, -0.05) is 11.2 Å². The van der Waals surface area contributed by atoms with E-state index < -0.39 is 15.8 Å². The molecule has 0 saturated carbocycles. The SMILES string of the molecule is O=C(NCc1noc(-c2cccs2)n1)C1CCS(=O)(=O)C1. The zero-order valence-corrected chi connectivity index (χ0v) is 12.6. The van der Waals surface area contributed by atoms with Crippen molar-refractivity contribution in [3.8, 4) is 10.8 Å². The summed E-state index contributed by atoms with van der Waals surface area (Å²) in [7, 11) is -3.06. The summed E-state index contributed by atoms with van der Waals surface area (Å²) in [5, 5.41) is 8.34. The first-order valence-corrected chi connectivity index (χ1v) is 9.08. The predicted molar refractivity (Wildman–Crippen MR) is 76.2 cm³/mol. The molecular formula is C12H13N3O4S2. The summed E-state index contributed by atoms with van der Waals surface area (Å²) >= 11 is 1.48. The number of nitrogens with zero attached hydrogens (tertiary/aromatic N) is 2. The third kappa shape index (κ3) is 3.30. The van der Waals surface area contributed by atoms with Gasteiger partial charge in [0.15, 0.2) is 15.7 Å². The normalized spacial score (nSPS) is 20.5. The van der Waals surface area contributed by atoms with Crippen LogP contribution in [0.5, 0.6) is 0 Å². The van der Waals surface area contributed by atoms with E-state index >= 15 is 0 Å². The topological polar surface area (TPSA) is 102 Å². The van der Waals surface area contributed by atoms with E-state index in [1.165, 1.54) is 11.3 Å². The van der Waals surface area contributed by atoms with Crippen molar-refractivity contribution < 1.29 is 17.7 Å². The fraction of sp³-hybridized carbons (Fsp3) is 0.417. The highest BCUT2D eigenvalue weighted by atomic mass is 32.2. The highest BCUT2D eigenvalue weighted by molar-refractivity contribution is 7.91. The van der Waals surface area contributed by atoms with E-state index in [1.54, 1.807) is 0 Å². The van der Waals surface area contributed by atoms with Crippen molar-refractivity contribution in [1.82, 2.24) is 15.5 Å². The van der Waals surface area contributed by atoms with Crippen LogP contribution in [-0.4, -0.2) is 36.0 Å². The lowest BCUT2D eigenvalue weighted by molar-refractivity contribution is -0.124. The Morgan fingerprint density at radius 2 is 2.38 bits per heavy atom. The van der Waals surface area contributed by atoms with Gasteiger partial charge < -0.3 is 9.84 Å². The van der Waals surface area contributed by atoms with Gasteiger partial charge in [0.1, 0.15) is 0 Å². The van der Waals surface area contributed by atoms with Crippen LogP contribution in [0.15, 0.2) is 22.0 Å². The molecule has 112 valence electrons. The van der Waals surface area contributed by atoms with Crippen molar-refractivity contribution in [2.75, 3.05) is 11.5 Å². The summed E-state index contributed by atoms with van der Waals surface area (Å²) in [5.41, 5.74) is 0. The molecule has 9 heteroatoms. The molecule has 1 saturated heterocycles. The van der Waals surface area contributed by atoms with E-state index in [0.717, 1.165) is 4.88 Å². The molecule has 1 aliphatic rings. The number of carbonyl (C=O) groups is 1. The smallest absolute Gasteiger partial charge is 0.268 e. The molecule has 1 unspecified atom stereocenters. The first kappa shape index (κ1) is 14.2. The van der Waals surface area contributed by atoms with E-state index in [1.807, 2.05) is 17.5 Å². The Balaban J connectivity index is 1.57. The van der Waals surface area contributed by atoms with Gasteiger partial charge in [0.2, 0.25) is 5.91 Å². The molecule has 1 fully saturated rings. The first-order chi connectivity index (χ1) is 10.0. The Morgan fingerprint density at radius 1 is 1.52 bits per heavy atom. The number of thiophene rings is 1. The standard InChI is InChI=1S/C12H13N3O4S2/c16-11(8-3-5-21(17,18)7-8)13-6-10-14-12(19-15-10)9-2-1-4-20-9/h1-2,4,8H,3,5-7H2,(H,13,16). The molecule has 3 heterocycles. The molecule has 0 radical (unpaired) electrons. The Kier molecular flexibility index (Phi) is 3.77. The van der Waals surface area contributed by atoms with Crippen LogP contribution < -0.4 is 5.32 Å². The number of hydrogen-bond donors (Lipinski definition) is 1. The van der Waals surface area contributed by atoms with Crippen LogP contribution in [0.3, 0.4) is 0 Å². The molecule has 1 aliphatic heterocycles. The molecule has 7 nitrogen and oxygen atoms in total. The zero-order valence-electron chi connectivity index (χ0n) is 11.0. The molecule has 1 amide bonds. The minimum absolute atomic E-state index is 0.0779. The van der Waals surface area contributed by atoms with Crippen molar-refractivity contribution in [1.29, 1.82) is 0 Å². The number of sulfone groups is 1. The molecule has 2 aromatic rings. The fourth-order valence-corrected chi connectivity index (χ4v) is 4.52. The second kappa shape index (κ2) is 5.57. The predicted octanol–water partition coefficient (Wildman–Crippen LogP) is 0.849. The molecular weight excluding hydrogens is 314 g/mol. The van der Waals surface area contributed by atoms with Crippen molar-refractivity contribution >= 4 is 27.1 Å². The molecule has 0 aliphatic carbocycles. The molecule has 0 spiro atoms. The van der Waals surface area contributed by atoms with Crippen molar-refractivity contribution in [3.05, 3.63) is 23.3 Å². The van der Waals surface area contributed by atoms with Gasteiger partial charge in [0.05, 0.1) is 28.8 Å². The first-order valence-electron chi connectivity index (χ1n) is 6.38. The average Bonchev–Trinajstić information content (AvgIpc) is 3.15. The van der Waals surface area contributed by atoms with Gasteiger partial charge in [-0.15, -0.1) is 11.3 Å². The van der Waals surface area contributed by atoms with Crippen LogP contribution in [0.2, 0.25) is 0 Å². The molecule has 1 N–H and O–H groups in total. The maximum absolute atomic E-state index is 11.9. The summed E-state index contributed by atoms with van der Waals surface area (Å²) in [6.45, 7) is 0.129. The molecule has 0 aromatic carbocycles. The van der Waals surface area contributed by atoms with E-state index in [2.05, 4.69) is 15.5 Å². The minimum Gasteiger partial charge on any atom is -0.348 e. The summed E-state index contributed by atoms with van der Waals surface area (Å²) in [6.07, 6.45) is 0.376. The zero-order chi connectivity index (χ0) is 14.9. The lowest BCUT2D eigenvalue weighted by atomic mass is 10.1. The second-order valence-electron chi connectivity index (χ2n) is 4.81. The van der Waals surface area contributed by atoms with Crippen LogP contribution in [-0.2, 0) is 21.2 Å². The van der Waals surface area contributed by atoms with E-state index in [9.17, 15) is 13.2 Å². The number of rotatable bonds is 4. The Morgan fingerprint density at radius 3 is 3.05 bits per heavy atom. The van der Waals surface area contributed by atoms with E-state index in [0.29, 0.717) is 18.1 Å². The molecule has 0 bridgehead atoms. The monoisotopic (exact) mass is 327 g/mol. The van der Waals surface area contributed by atoms with Gasteiger partial charge in [0.25, 0.3) is 5.89 Å². The van der Waals surface area contributed by atoms with Gasteiger partial charge in [0, 0.05) is 0 Å². The number of hydrogen-bond acceptors (Lipinski definition) is 7. The van der Waals surface area contributed by atoms with E-state index in [4.69, 9.17) is 4.52 Å². The summed E-state index contributed by atoms with van der Waals surface area (Å²) in [4.78, 5) is 16.9. The van der Waals surface area contributed by atoms with Gasteiger partial charge in [-0.2, -0.15) is 4.98 Å². The quantitative estimate of drug-likeness (QED) is 0.893. The minimum atomic E-state index is -3.06. The van der Waals surface area contributed by atoms with Crippen LogP contribution in [0.4, 0.5) is 0 Å². The van der Waals surface area contributed by atoms with Crippen LogP contribution in [0, 0.1) is 5.92 Å². The van der Waals surface area contributed by atoms with Crippen molar-refractivity contribution in [2.45, 2.75) is 13.0 Å². The number of carbonyl (C=O) groups excluding carboxylic acids is 1. The van der Waals surface area contributed by atoms with Crippen LogP contribution in [0.25, 0.3) is 10.8 Å². The average molecular weight is 327 g/mol. The molecule has 2 aromatic heterocycles. The largest absolute Gasteiger partial charge is 0.348 e. The Hall–Kier alpha value is -1.74. The highest BCUT2D eigenvalue weighted by Gasteiger charge is 2.32. The number of aromatic nitrogens is 2. The molecule has 3 rings (SSSR count). The van der Waals surface area contributed by atoms with Gasteiger partial charge in [-0.3, -0.25) is 4.79 Å². The molecule has 1 atom stereocenters. The number of nitrogens with one attached hydrogen (secondary N) is 1. The van der Waals surface area contributed by atoms with Gasteiger partial charge >= 0.3 is 0 Å². The van der Waals surface area contributed by atoms with Crippen molar-refractivity contribution in [3.63, 3.8) is 0 Å². The summed E-state index contributed by atoms with van der Waals surface area (Å²) < 4.78 is 27.8. The van der Waals surface area contributed by atoms with Crippen LogP contribution in [0.1, 0.15) is 12.2 Å². The maximum Gasteiger partial charge on any atom is 0.268 e. The van der Waals surface area contributed by atoms with E-state index in [-0.39, 0.29) is 24.0 Å². The lowest BCUT2D eigenvalue weighted by Gasteiger charge is -2.06. The third-order valence-electron chi connectivity index (χ3n) is 3.22. The Labute approximate surface area is 125 Å². The third-order valence-corrected chi connectivity index (χ3v) is 5.85. The highest BCUT2D eigenvalue weighted by Crippen LogP contribution is 2.22. The van der Waals surface area contributed by atoms with Crippen LogP contribution >= 0.6 is 11.3 Å². The molecule has 21 heavy (non-hydrogen) atoms. The fourth-order valence-electron chi connectivity index (χ4n) is 2.14. The van der Waals surface area contributed by atoms with Gasteiger partial charge in [-0.05, 0) is 17.9 Å². The summed E-state index contributed by atoms with van der Waals surface area (Å²) in [6, 6.07) is 3.75. The van der Waals surface area contributed by atoms with Gasteiger partial charge in [-0.25, -0.2) is 8.42 Å². The van der Waals surface area contributed by atoms with Crippen molar-refractivity contribution in [2.24, 2.45) is 5.92 Å². The maximum atomic E-state index is 11.9. The second-order valence-corrected chi connectivity index (χ2v) is 7.99. The Bertz CT molecular complexity index is 736. The summed E-state index contributed by atoms with van der Waals surface area (Å²) in [5.74, 6) is 0.0314. The lowest BCUT2D eigenvalue weighted by Crippen LogP contribution is -2.31.